The van der Waals surface area contributed by atoms with E-state index in [4.69, 9.17) is 21.1 Å². The first-order valence-corrected chi connectivity index (χ1v) is 8.70. The third-order valence-electron chi connectivity index (χ3n) is 4.04. The van der Waals surface area contributed by atoms with Gasteiger partial charge in [0.15, 0.2) is 0 Å². The number of carbonyl (C=O) groups is 1. The summed E-state index contributed by atoms with van der Waals surface area (Å²) in [4.78, 5) is 18.8. The Labute approximate surface area is 157 Å². The van der Waals surface area contributed by atoms with Crippen molar-refractivity contribution < 1.29 is 14.3 Å². The molecule has 138 valence electrons. The zero-order valence-corrected chi connectivity index (χ0v) is 15.3. The number of hydrogen-bond acceptors (Lipinski definition) is 5. The Bertz CT molecular complexity index is 766. The number of benzene rings is 1. The van der Waals surface area contributed by atoms with Gasteiger partial charge in [-0.3, -0.25) is 0 Å². The lowest BCUT2D eigenvalue weighted by molar-refractivity contribution is 0.122. The summed E-state index contributed by atoms with van der Waals surface area (Å²) < 4.78 is 10.5. The van der Waals surface area contributed by atoms with E-state index in [1.165, 1.54) is 0 Å². The third kappa shape index (κ3) is 4.56. The normalized spacial score (nSPS) is 14.0. The van der Waals surface area contributed by atoms with Gasteiger partial charge in [0.05, 0.1) is 31.0 Å². The Hall–Kier alpha value is -2.51. The quantitative estimate of drug-likeness (QED) is 0.839. The summed E-state index contributed by atoms with van der Waals surface area (Å²) in [6, 6.07) is 8.56. The Morgan fingerprint density at radius 1 is 1.35 bits per heavy atom. The van der Waals surface area contributed by atoms with Gasteiger partial charge in [-0.25, -0.2) is 9.78 Å². The van der Waals surface area contributed by atoms with E-state index in [0.29, 0.717) is 36.2 Å². The van der Waals surface area contributed by atoms with Crippen LogP contribution in [-0.4, -0.2) is 44.4 Å². The Kier molecular flexibility index (Phi) is 6.14. The first kappa shape index (κ1) is 18.3. The number of urea groups is 1. The molecular formula is C18H21ClN4O3. The highest BCUT2D eigenvalue weighted by atomic mass is 35.5. The predicted octanol–water partition coefficient (Wildman–Crippen LogP) is 2.90. The van der Waals surface area contributed by atoms with E-state index >= 15 is 0 Å². The van der Waals surface area contributed by atoms with Crippen LogP contribution in [0.1, 0.15) is 5.56 Å². The average molecular weight is 377 g/mol. The molecule has 1 fully saturated rings. The molecular weight excluding hydrogens is 356 g/mol. The highest BCUT2D eigenvalue weighted by Gasteiger charge is 2.16. The van der Waals surface area contributed by atoms with Crippen molar-refractivity contribution in [2.24, 2.45) is 0 Å². The summed E-state index contributed by atoms with van der Waals surface area (Å²) in [7, 11) is 1.56. The molecule has 1 aliphatic heterocycles. The standard InChI is InChI=1S/C18H21ClN4O3/c1-25-14-4-5-16(15(19)11-14)22-18(24)21-12-13-3-2-6-20-17(13)23-7-9-26-10-8-23/h2-6,11H,7-10,12H2,1H3,(H2,21,22,24). The number of halogens is 1. The van der Waals surface area contributed by atoms with Crippen LogP contribution >= 0.6 is 11.6 Å². The largest absolute Gasteiger partial charge is 0.497 e. The minimum atomic E-state index is -0.339. The highest BCUT2D eigenvalue weighted by Crippen LogP contribution is 2.26. The molecule has 2 heterocycles. The van der Waals surface area contributed by atoms with Gasteiger partial charge in [-0.05, 0) is 18.2 Å². The second-order valence-corrected chi connectivity index (χ2v) is 6.15. The van der Waals surface area contributed by atoms with Crippen LogP contribution in [0.2, 0.25) is 5.02 Å². The molecule has 3 rings (SSSR count). The van der Waals surface area contributed by atoms with Crippen LogP contribution in [0.25, 0.3) is 0 Å². The van der Waals surface area contributed by atoms with Crippen LogP contribution in [0.15, 0.2) is 36.5 Å². The number of rotatable bonds is 5. The summed E-state index contributed by atoms with van der Waals surface area (Å²) in [6.07, 6.45) is 1.76. The number of amides is 2. The Morgan fingerprint density at radius 2 is 2.15 bits per heavy atom. The lowest BCUT2D eigenvalue weighted by atomic mass is 10.2. The molecule has 0 spiro atoms. The van der Waals surface area contributed by atoms with Gasteiger partial charge in [0.2, 0.25) is 0 Å². The van der Waals surface area contributed by atoms with Crippen LogP contribution in [-0.2, 0) is 11.3 Å². The number of nitrogens with zero attached hydrogens (tertiary/aromatic N) is 2. The number of nitrogens with one attached hydrogen (secondary N) is 2. The molecule has 1 saturated heterocycles. The molecule has 0 unspecified atom stereocenters. The van der Waals surface area contributed by atoms with Crippen molar-refractivity contribution in [1.29, 1.82) is 0 Å². The van der Waals surface area contributed by atoms with E-state index in [0.717, 1.165) is 24.5 Å². The highest BCUT2D eigenvalue weighted by molar-refractivity contribution is 6.33. The minimum Gasteiger partial charge on any atom is -0.497 e. The van der Waals surface area contributed by atoms with Gasteiger partial charge in [-0.1, -0.05) is 17.7 Å². The minimum absolute atomic E-state index is 0.339. The van der Waals surface area contributed by atoms with Gasteiger partial charge >= 0.3 is 6.03 Å². The van der Waals surface area contributed by atoms with Crippen LogP contribution in [0, 0.1) is 0 Å². The molecule has 2 N–H and O–H groups in total. The molecule has 0 aliphatic carbocycles. The molecule has 26 heavy (non-hydrogen) atoms. The van der Waals surface area contributed by atoms with E-state index in [1.807, 2.05) is 12.1 Å². The van der Waals surface area contributed by atoms with E-state index in [9.17, 15) is 4.79 Å². The van der Waals surface area contributed by atoms with Gasteiger partial charge in [-0.2, -0.15) is 0 Å². The Balaban J connectivity index is 1.61. The first-order valence-electron chi connectivity index (χ1n) is 8.32. The second-order valence-electron chi connectivity index (χ2n) is 5.74. The first-order chi connectivity index (χ1) is 12.7. The topological polar surface area (TPSA) is 75.7 Å². The number of morpholine rings is 1. The van der Waals surface area contributed by atoms with Gasteiger partial charge in [0.25, 0.3) is 0 Å². The Morgan fingerprint density at radius 3 is 2.88 bits per heavy atom. The fraction of sp³-hybridized carbons (Fsp3) is 0.333. The summed E-state index contributed by atoms with van der Waals surface area (Å²) in [5, 5.41) is 6.00. The number of carbonyl (C=O) groups excluding carboxylic acids is 1. The number of anilines is 2. The molecule has 1 aromatic carbocycles. The number of methoxy groups -OCH3 is 1. The van der Waals surface area contributed by atoms with E-state index in [1.54, 1.807) is 31.5 Å². The summed E-state index contributed by atoms with van der Waals surface area (Å²) in [5.41, 5.74) is 1.47. The van der Waals surface area contributed by atoms with Crippen molar-refractivity contribution in [2.45, 2.75) is 6.54 Å². The van der Waals surface area contributed by atoms with Gasteiger partial charge < -0.3 is 25.0 Å². The second kappa shape index (κ2) is 8.73. The fourth-order valence-electron chi connectivity index (χ4n) is 2.69. The van der Waals surface area contributed by atoms with Gasteiger partial charge in [0.1, 0.15) is 11.6 Å². The molecule has 0 saturated carbocycles. The number of hydrogen-bond donors (Lipinski definition) is 2. The lowest BCUT2D eigenvalue weighted by Gasteiger charge is -2.29. The van der Waals surface area contributed by atoms with E-state index in [2.05, 4.69) is 20.5 Å². The molecule has 7 nitrogen and oxygen atoms in total. The van der Waals surface area contributed by atoms with Gasteiger partial charge in [-0.15, -0.1) is 0 Å². The monoisotopic (exact) mass is 376 g/mol. The molecule has 8 heteroatoms. The molecule has 0 atom stereocenters. The van der Waals surface area contributed by atoms with Crippen molar-refractivity contribution >= 4 is 29.1 Å². The third-order valence-corrected chi connectivity index (χ3v) is 4.35. The zero-order valence-electron chi connectivity index (χ0n) is 14.5. The SMILES string of the molecule is COc1ccc(NC(=O)NCc2cccnc2N2CCOCC2)c(Cl)c1. The van der Waals surface area contributed by atoms with Gasteiger partial charge in [0, 0.05) is 37.5 Å². The van der Waals surface area contributed by atoms with Crippen LogP contribution in [0.3, 0.4) is 0 Å². The maximum Gasteiger partial charge on any atom is 0.319 e. The predicted molar refractivity (Wildman–Crippen MR) is 101 cm³/mol. The average Bonchev–Trinajstić information content (AvgIpc) is 2.69. The zero-order chi connectivity index (χ0) is 18.4. The number of aromatic nitrogens is 1. The van der Waals surface area contributed by atoms with E-state index < -0.39 is 0 Å². The van der Waals surface area contributed by atoms with Crippen molar-refractivity contribution in [3.63, 3.8) is 0 Å². The van der Waals surface area contributed by atoms with Crippen molar-refractivity contribution in [3.05, 3.63) is 47.1 Å². The molecule has 1 aliphatic rings. The van der Waals surface area contributed by atoms with Crippen molar-refractivity contribution in [2.75, 3.05) is 43.6 Å². The molecule has 2 aromatic rings. The lowest BCUT2D eigenvalue weighted by Crippen LogP contribution is -2.38. The summed E-state index contributed by atoms with van der Waals surface area (Å²) in [5.74, 6) is 1.50. The smallest absolute Gasteiger partial charge is 0.319 e. The van der Waals surface area contributed by atoms with Crippen molar-refractivity contribution in [1.82, 2.24) is 10.3 Å². The van der Waals surface area contributed by atoms with E-state index in [-0.39, 0.29) is 6.03 Å². The van der Waals surface area contributed by atoms with Crippen molar-refractivity contribution in [3.8, 4) is 5.75 Å². The summed E-state index contributed by atoms with van der Waals surface area (Å²) in [6.45, 7) is 3.30. The van der Waals surface area contributed by atoms with Crippen LogP contribution in [0.4, 0.5) is 16.3 Å². The maximum atomic E-state index is 12.2. The molecule has 0 bridgehead atoms. The maximum absolute atomic E-state index is 12.2. The number of ether oxygens (including phenoxy) is 2. The van der Waals surface area contributed by atoms with Crippen LogP contribution < -0.4 is 20.3 Å². The number of pyridine rings is 1. The van der Waals surface area contributed by atoms with Crippen LogP contribution in [0.5, 0.6) is 5.75 Å². The molecule has 0 radical (unpaired) electrons. The molecule has 1 aromatic heterocycles. The fourth-order valence-corrected chi connectivity index (χ4v) is 2.91. The summed E-state index contributed by atoms with van der Waals surface area (Å²) >= 11 is 6.15. The molecule has 2 amide bonds.